The molecule has 0 bridgehead atoms. The van der Waals surface area contributed by atoms with Gasteiger partial charge in [-0.25, -0.2) is 0 Å². The third kappa shape index (κ3) is 3.44. The normalized spacial score (nSPS) is 9.56. The standard InChI is InChI=1S/C13H16O3/c1-4-6-9-15-16-13-10-11(5-2)7-8-12(13)14-3/h4-5,7-8,10H,1-2,6,9H2,3H3. The Kier molecular flexibility index (Phi) is 5.16. The first-order chi connectivity index (χ1) is 7.81. The lowest BCUT2D eigenvalue weighted by atomic mass is 10.2. The first-order valence-electron chi connectivity index (χ1n) is 5.02. The Hall–Kier alpha value is -1.74. The van der Waals surface area contributed by atoms with Gasteiger partial charge in [-0.3, -0.25) is 0 Å². The summed E-state index contributed by atoms with van der Waals surface area (Å²) in [6.07, 6.45) is 4.24. The van der Waals surface area contributed by atoms with Crippen LogP contribution in [-0.2, 0) is 4.89 Å². The number of ether oxygens (including phenoxy) is 1. The van der Waals surface area contributed by atoms with Crippen molar-refractivity contribution in [3.63, 3.8) is 0 Å². The predicted molar refractivity (Wildman–Crippen MR) is 64.5 cm³/mol. The van der Waals surface area contributed by atoms with Gasteiger partial charge in [-0.05, 0) is 24.1 Å². The molecule has 0 aliphatic heterocycles. The van der Waals surface area contributed by atoms with Gasteiger partial charge in [0.1, 0.15) is 0 Å². The molecule has 3 heteroatoms. The van der Waals surface area contributed by atoms with Crippen LogP contribution in [0, 0.1) is 0 Å². The molecular weight excluding hydrogens is 204 g/mol. The monoisotopic (exact) mass is 220 g/mol. The van der Waals surface area contributed by atoms with E-state index in [1.165, 1.54) is 0 Å². The Labute approximate surface area is 95.9 Å². The highest BCUT2D eigenvalue weighted by Gasteiger charge is 2.05. The largest absolute Gasteiger partial charge is 0.493 e. The number of hydrogen-bond acceptors (Lipinski definition) is 3. The van der Waals surface area contributed by atoms with Gasteiger partial charge in [0, 0.05) is 0 Å². The van der Waals surface area contributed by atoms with Gasteiger partial charge in [-0.15, -0.1) is 6.58 Å². The molecule has 0 saturated carbocycles. The van der Waals surface area contributed by atoms with Crippen molar-refractivity contribution in [1.82, 2.24) is 0 Å². The summed E-state index contributed by atoms with van der Waals surface area (Å²) in [5.74, 6) is 1.17. The molecule has 16 heavy (non-hydrogen) atoms. The summed E-state index contributed by atoms with van der Waals surface area (Å²) in [5.41, 5.74) is 0.947. The van der Waals surface area contributed by atoms with Gasteiger partial charge in [0.15, 0.2) is 5.75 Å². The Balaban J connectivity index is 2.67. The molecular formula is C13H16O3. The van der Waals surface area contributed by atoms with Gasteiger partial charge in [-0.2, -0.15) is 4.89 Å². The van der Waals surface area contributed by atoms with E-state index < -0.39 is 0 Å². The first-order valence-corrected chi connectivity index (χ1v) is 5.02. The fraction of sp³-hybridized carbons (Fsp3) is 0.231. The van der Waals surface area contributed by atoms with Crippen LogP contribution in [0.3, 0.4) is 0 Å². The molecule has 0 atom stereocenters. The maximum atomic E-state index is 5.15. The van der Waals surface area contributed by atoms with Crippen molar-refractivity contribution >= 4 is 6.08 Å². The van der Waals surface area contributed by atoms with Crippen molar-refractivity contribution in [3.8, 4) is 11.5 Å². The summed E-state index contributed by atoms with van der Waals surface area (Å²) >= 11 is 0. The van der Waals surface area contributed by atoms with E-state index in [0.717, 1.165) is 12.0 Å². The van der Waals surface area contributed by atoms with Crippen LogP contribution < -0.4 is 9.62 Å². The summed E-state index contributed by atoms with van der Waals surface area (Å²) in [5, 5.41) is 0. The zero-order valence-electron chi connectivity index (χ0n) is 9.44. The minimum absolute atomic E-state index is 0.463. The van der Waals surface area contributed by atoms with Crippen molar-refractivity contribution in [2.75, 3.05) is 13.7 Å². The SMILES string of the molecule is C=CCCOOc1cc(C=C)ccc1OC. The van der Waals surface area contributed by atoms with Crippen molar-refractivity contribution in [1.29, 1.82) is 0 Å². The molecule has 1 aromatic rings. The second-order valence-electron chi connectivity index (χ2n) is 3.10. The zero-order chi connectivity index (χ0) is 11.8. The third-order valence-corrected chi connectivity index (χ3v) is 1.98. The Morgan fingerprint density at radius 1 is 1.25 bits per heavy atom. The van der Waals surface area contributed by atoms with Gasteiger partial charge in [0.2, 0.25) is 5.75 Å². The number of benzene rings is 1. The highest BCUT2D eigenvalue weighted by molar-refractivity contribution is 5.54. The van der Waals surface area contributed by atoms with E-state index in [9.17, 15) is 0 Å². The molecule has 0 amide bonds. The summed E-state index contributed by atoms with van der Waals surface area (Å²) in [6.45, 7) is 7.74. The third-order valence-electron chi connectivity index (χ3n) is 1.98. The highest BCUT2D eigenvalue weighted by Crippen LogP contribution is 2.28. The smallest absolute Gasteiger partial charge is 0.207 e. The van der Waals surface area contributed by atoms with E-state index in [4.69, 9.17) is 14.5 Å². The van der Waals surface area contributed by atoms with Crippen LogP contribution in [0.15, 0.2) is 37.4 Å². The van der Waals surface area contributed by atoms with Crippen molar-refractivity contribution in [3.05, 3.63) is 43.0 Å². The van der Waals surface area contributed by atoms with Crippen molar-refractivity contribution in [2.45, 2.75) is 6.42 Å². The lowest BCUT2D eigenvalue weighted by Gasteiger charge is -2.09. The van der Waals surface area contributed by atoms with Crippen LogP contribution in [0.1, 0.15) is 12.0 Å². The van der Waals surface area contributed by atoms with Gasteiger partial charge >= 0.3 is 0 Å². The fourth-order valence-electron chi connectivity index (χ4n) is 1.12. The number of methoxy groups -OCH3 is 1. The van der Waals surface area contributed by atoms with Crippen LogP contribution in [0.25, 0.3) is 6.08 Å². The van der Waals surface area contributed by atoms with E-state index in [1.54, 1.807) is 25.3 Å². The van der Waals surface area contributed by atoms with Gasteiger partial charge in [0.05, 0.1) is 13.7 Å². The molecule has 1 aromatic carbocycles. The summed E-state index contributed by atoms with van der Waals surface area (Å²) in [6, 6.07) is 5.51. The van der Waals surface area contributed by atoms with Crippen LogP contribution >= 0.6 is 0 Å². The molecule has 0 unspecified atom stereocenters. The molecule has 0 heterocycles. The molecule has 3 nitrogen and oxygen atoms in total. The molecule has 0 fully saturated rings. The van der Waals surface area contributed by atoms with Crippen LogP contribution in [0.2, 0.25) is 0 Å². The van der Waals surface area contributed by atoms with E-state index in [1.807, 2.05) is 12.1 Å². The first kappa shape index (κ1) is 12.3. The minimum Gasteiger partial charge on any atom is -0.493 e. The Bertz CT molecular complexity index is 358. The molecule has 0 aliphatic rings. The summed E-state index contributed by atoms with van der Waals surface area (Å²) in [7, 11) is 1.58. The van der Waals surface area contributed by atoms with E-state index >= 15 is 0 Å². The highest BCUT2D eigenvalue weighted by atomic mass is 17.2. The van der Waals surface area contributed by atoms with Crippen LogP contribution in [-0.4, -0.2) is 13.7 Å². The van der Waals surface area contributed by atoms with E-state index in [0.29, 0.717) is 18.1 Å². The van der Waals surface area contributed by atoms with Crippen LogP contribution in [0.5, 0.6) is 11.5 Å². The average molecular weight is 220 g/mol. The number of rotatable bonds is 7. The van der Waals surface area contributed by atoms with Gasteiger partial charge < -0.3 is 9.62 Å². The molecule has 0 saturated heterocycles. The van der Waals surface area contributed by atoms with E-state index in [2.05, 4.69) is 13.2 Å². The molecule has 86 valence electrons. The summed E-state index contributed by atoms with van der Waals surface area (Å²) < 4.78 is 5.14. The molecule has 0 N–H and O–H groups in total. The zero-order valence-corrected chi connectivity index (χ0v) is 9.44. The minimum atomic E-state index is 0.463. The molecule has 0 spiro atoms. The predicted octanol–water partition coefficient (Wildman–Crippen LogP) is 3.22. The molecule has 0 aliphatic carbocycles. The van der Waals surface area contributed by atoms with Crippen molar-refractivity contribution < 1.29 is 14.5 Å². The quantitative estimate of drug-likeness (QED) is 0.305. The lowest BCUT2D eigenvalue weighted by molar-refractivity contribution is -0.206. The molecule has 1 rings (SSSR count). The second-order valence-corrected chi connectivity index (χ2v) is 3.10. The van der Waals surface area contributed by atoms with Crippen molar-refractivity contribution in [2.24, 2.45) is 0 Å². The maximum absolute atomic E-state index is 5.15. The molecule has 0 aromatic heterocycles. The average Bonchev–Trinajstić information content (AvgIpc) is 2.34. The van der Waals surface area contributed by atoms with Gasteiger partial charge in [0.25, 0.3) is 0 Å². The summed E-state index contributed by atoms with van der Waals surface area (Å²) in [4.78, 5) is 10.2. The molecule has 0 radical (unpaired) electrons. The topological polar surface area (TPSA) is 27.7 Å². The second kappa shape index (κ2) is 6.69. The maximum Gasteiger partial charge on any atom is 0.207 e. The fourth-order valence-corrected chi connectivity index (χ4v) is 1.12. The Morgan fingerprint density at radius 2 is 2.06 bits per heavy atom. The van der Waals surface area contributed by atoms with E-state index in [-0.39, 0.29) is 0 Å². The lowest BCUT2D eigenvalue weighted by Crippen LogP contribution is -2.00. The van der Waals surface area contributed by atoms with Crippen LogP contribution in [0.4, 0.5) is 0 Å². The number of hydrogen-bond donors (Lipinski definition) is 0. The Morgan fingerprint density at radius 3 is 2.69 bits per heavy atom. The van der Waals surface area contributed by atoms with Gasteiger partial charge in [-0.1, -0.05) is 24.8 Å².